The first-order chi connectivity index (χ1) is 10.2. The third-order valence-corrected chi connectivity index (χ3v) is 5.14. The molecular weight excluding hydrogens is 284 g/mol. The van der Waals surface area contributed by atoms with Crippen LogP contribution in [0.15, 0.2) is 18.2 Å². The van der Waals surface area contributed by atoms with Crippen molar-refractivity contribution in [2.75, 3.05) is 18.6 Å². The molecule has 2 bridgehead atoms. The summed E-state index contributed by atoms with van der Waals surface area (Å²) in [5, 5.41) is 4.41. The number of nitrogens with zero attached hydrogens (tertiary/aromatic N) is 1. The van der Waals surface area contributed by atoms with E-state index in [1.165, 1.54) is 37.8 Å². The molecule has 1 N–H and O–H groups in total. The number of rotatable bonds is 5. The van der Waals surface area contributed by atoms with Gasteiger partial charge in [-0.1, -0.05) is 18.5 Å². The van der Waals surface area contributed by atoms with E-state index in [4.69, 9.17) is 16.3 Å². The Morgan fingerprint density at radius 3 is 2.57 bits per heavy atom. The fraction of sp³-hybridized carbons (Fsp3) is 0.647. The van der Waals surface area contributed by atoms with E-state index in [0.717, 1.165) is 12.3 Å². The minimum atomic E-state index is 0.655. The molecule has 0 radical (unpaired) electrons. The van der Waals surface area contributed by atoms with Crippen LogP contribution in [0.25, 0.3) is 0 Å². The van der Waals surface area contributed by atoms with Gasteiger partial charge in [0.05, 0.1) is 12.1 Å². The summed E-state index contributed by atoms with van der Waals surface area (Å²) in [5.74, 6) is 0.757. The second kappa shape index (κ2) is 6.45. The van der Waals surface area contributed by atoms with Gasteiger partial charge in [-0.25, -0.2) is 0 Å². The first-order valence-corrected chi connectivity index (χ1v) is 8.46. The summed E-state index contributed by atoms with van der Waals surface area (Å²) in [6.07, 6.45) is 6.32. The van der Waals surface area contributed by atoms with Crippen molar-refractivity contribution in [2.24, 2.45) is 0 Å². The SMILES string of the molecule is CCCNC1CC2CCC(C1)N2c1ccc(OC)c(Cl)c1. The summed E-state index contributed by atoms with van der Waals surface area (Å²) >= 11 is 6.30. The van der Waals surface area contributed by atoms with Crippen molar-refractivity contribution in [1.82, 2.24) is 5.32 Å². The Hall–Kier alpha value is -0.930. The molecule has 1 aromatic rings. The van der Waals surface area contributed by atoms with Gasteiger partial charge in [0.2, 0.25) is 0 Å². The number of nitrogens with one attached hydrogen (secondary N) is 1. The molecule has 116 valence electrons. The van der Waals surface area contributed by atoms with Gasteiger partial charge in [0.25, 0.3) is 0 Å². The normalized spacial score (nSPS) is 28.0. The number of ether oxygens (including phenoxy) is 1. The summed E-state index contributed by atoms with van der Waals surface area (Å²) in [6, 6.07) is 8.19. The lowest BCUT2D eigenvalue weighted by Crippen LogP contribution is -2.49. The molecule has 2 aliphatic heterocycles. The van der Waals surface area contributed by atoms with E-state index < -0.39 is 0 Å². The fourth-order valence-corrected chi connectivity index (χ4v) is 4.18. The van der Waals surface area contributed by atoms with Gasteiger partial charge in [0.1, 0.15) is 5.75 Å². The average Bonchev–Trinajstić information content (AvgIpc) is 2.76. The number of benzene rings is 1. The van der Waals surface area contributed by atoms with Crippen molar-refractivity contribution in [1.29, 1.82) is 0 Å². The second-order valence-electron chi connectivity index (χ2n) is 6.23. The molecular formula is C17H25ClN2O. The van der Waals surface area contributed by atoms with Crippen LogP contribution in [-0.2, 0) is 0 Å². The number of anilines is 1. The smallest absolute Gasteiger partial charge is 0.137 e. The molecule has 2 heterocycles. The zero-order chi connectivity index (χ0) is 14.8. The Labute approximate surface area is 132 Å². The number of hydrogen-bond acceptors (Lipinski definition) is 3. The van der Waals surface area contributed by atoms with Crippen molar-refractivity contribution in [3.05, 3.63) is 23.2 Å². The maximum absolute atomic E-state index is 6.30. The summed E-state index contributed by atoms with van der Waals surface area (Å²) in [4.78, 5) is 2.59. The molecule has 2 fully saturated rings. The van der Waals surface area contributed by atoms with Crippen LogP contribution in [0.2, 0.25) is 5.02 Å². The molecule has 0 spiro atoms. The summed E-state index contributed by atoms with van der Waals surface area (Å²) in [5.41, 5.74) is 1.25. The van der Waals surface area contributed by atoms with Gasteiger partial charge < -0.3 is 15.0 Å². The molecule has 2 aliphatic rings. The van der Waals surface area contributed by atoms with Crippen LogP contribution in [0, 0.1) is 0 Å². The molecule has 21 heavy (non-hydrogen) atoms. The number of methoxy groups -OCH3 is 1. The second-order valence-corrected chi connectivity index (χ2v) is 6.64. The van der Waals surface area contributed by atoms with Gasteiger partial charge in [-0.05, 0) is 56.8 Å². The predicted molar refractivity (Wildman–Crippen MR) is 88.6 cm³/mol. The van der Waals surface area contributed by atoms with Crippen molar-refractivity contribution >= 4 is 17.3 Å². The number of fused-ring (bicyclic) bond motifs is 2. The molecule has 3 nitrogen and oxygen atoms in total. The molecule has 2 unspecified atom stereocenters. The lowest BCUT2D eigenvalue weighted by Gasteiger charge is -2.41. The van der Waals surface area contributed by atoms with Gasteiger partial charge in [0.15, 0.2) is 0 Å². The van der Waals surface area contributed by atoms with Gasteiger partial charge >= 0.3 is 0 Å². The Kier molecular flexibility index (Phi) is 4.60. The highest BCUT2D eigenvalue weighted by Crippen LogP contribution is 2.41. The van der Waals surface area contributed by atoms with Crippen LogP contribution in [0.3, 0.4) is 0 Å². The quantitative estimate of drug-likeness (QED) is 0.894. The highest BCUT2D eigenvalue weighted by molar-refractivity contribution is 6.32. The Bertz CT molecular complexity index is 480. The zero-order valence-corrected chi connectivity index (χ0v) is 13.7. The number of piperidine rings is 1. The van der Waals surface area contributed by atoms with Gasteiger partial charge in [-0.15, -0.1) is 0 Å². The van der Waals surface area contributed by atoms with E-state index in [1.807, 2.05) is 6.07 Å². The summed E-state index contributed by atoms with van der Waals surface area (Å²) in [6.45, 7) is 3.37. The number of halogens is 1. The van der Waals surface area contributed by atoms with Gasteiger partial charge in [0, 0.05) is 23.8 Å². The van der Waals surface area contributed by atoms with Crippen molar-refractivity contribution < 1.29 is 4.74 Å². The van der Waals surface area contributed by atoms with Crippen LogP contribution >= 0.6 is 11.6 Å². The highest BCUT2D eigenvalue weighted by Gasteiger charge is 2.40. The van der Waals surface area contributed by atoms with Crippen LogP contribution < -0.4 is 15.0 Å². The van der Waals surface area contributed by atoms with Crippen LogP contribution in [0.4, 0.5) is 5.69 Å². The van der Waals surface area contributed by atoms with Crippen molar-refractivity contribution in [3.8, 4) is 5.75 Å². The minimum Gasteiger partial charge on any atom is -0.495 e. The summed E-state index contributed by atoms with van der Waals surface area (Å²) in [7, 11) is 1.66. The Morgan fingerprint density at radius 2 is 2.00 bits per heavy atom. The minimum absolute atomic E-state index is 0.655. The van der Waals surface area contributed by atoms with Crippen molar-refractivity contribution in [3.63, 3.8) is 0 Å². The molecule has 0 saturated carbocycles. The average molecular weight is 309 g/mol. The van der Waals surface area contributed by atoms with Gasteiger partial charge in [-0.3, -0.25) is 0 Å². The molecule has 3 rings (SSSR count). The first-order valence-electron chi connectivity index (χ1n) is 8.08. The van der Waals surface area contributed by atoms with E-state index in [1.54, 1.807) is 7.11 Å². The number of hydrogen-bond donors (Lipinski definition) is 1. The van der Waals surface area contributed by atoms with E-state index in [2.05, 4.69) is 29.3 Å². The first kappa shape index (κ1) is 15.0. The third-order valence-electron chi connectivity index (χ3n) is 4.85. The van der Waals surface area contributed by atoms with Crippen molar-refractivity contribution in [2.45, 2.75) is 57.2 Å². The van der Waals surface area contributed by atoms with Crippen LogP contribution in [0.1, 0.15) is 39.0 Å². The van der Waals surface area contributed by atoms with Crippen LogP contribution in [0.5, 0.6) is 5.75 Å². The lowest BCUT2D eigenvalue weighted by molar-refractivity contribution is 0.356. The monoisotopic (exact) mass is 308 g/mol. The molecule has 2 atom stereocenters. The third kappa shape index (κ3) is 3.00. The molecule has 4 heteroatoms. The maximum Gasteiger partial charge on any atom is 0.137 e. The zero-order valence-electron chi connectivity index (χ0n) is 12.9. The molecule has 0 aromatic heterocycles. The van der Waals surface area contributed by atoms with E-state index >= 15 is 0 Å². The maximum atomic E-state index is 6.30. The standard InChI is InChI=1S/C17H25ClN2O/c1-3-8-19-12-9-13-4-5-14(10-12)20(13)15-6-7-17(21-2)16(18)11-15/h6-7,11-14,19H,3-5,8-10H2,1-2H3. The van der Waals surface area contributed by atoms with Crippen LogP contribution in [-0.4, -0.2) is 31.8 Å². The molecule has 2 saturated heterocycles. The van der Waals surface area contributed by atoms with E-state index in [9.17, 15) is 0 Å². The largest absolute Gasteiger partial charge is 0.495 e. The molecule has 0 aliphatic carbocycles. The van der Waals surface area contributed by atoms with E-state index in [0.29, 0.717) is 23.1 Å². The molecule has 0 amide bonds. The Morgan fingerprint density at radius 1 is 1.29 bits per heavy atom. The summed E-state index contributed by atoms with van der Waals surface area (Å²) < 4.78 is 5.26. The molecule has 1 aromatic carbocycles. The highest BCUT2D eigenvalue weighted by atomic mass is 35.5. The predicted octanol–water partition coefficient (Wildman–Crippen LogP) is 3.85. The van der Waals surface area contributed by atoms with E-state index in [-0.39, 0.29) is 0 Å². The fourth-order valence-electron chi connectivity index (χ4n) is 3.93. The topological polar surface area (TPSA) is 24.5 Å². The Balaban J connectivity index is 1.74. The van der Waals surface area contributed by atoms with Gasteiger partial charge in [-0.2, -0.15) is 0 Å². The lowest BCUT2D eigenvalue weighted by atomic mass is 9.96.